The molecule has 25 heavy (non-hydrogen) atoms. The number of carbonyl (C=O) groups is 1. The maximum absolute atomic E-state index is 13.0. The maximum Gasteiger partial charge on any atom is 0.184 e. The Hall–Kier alpha value is -2.42. The summed E-state index contributed by atoms with van der Waals surface area (Å²) in [6.07, 6.45) is 0. The van der Waals surface area contributed by atoms with E-state index >= 15 is 0 Å². The lowest BCUT2D eigenvalue weighted by Gasteiger charge is -2.19. The zero-order valence-electron chi connectivity index (χ0n) is 14.2. The Morgan fingerprint density at radius 2 is 1.40 bits per heavy atom. The van der Waals surface area contributed by atoms with Gasteiger partial charge in [-0.25, -0.2) is 0 Å². The number of halogens is 1. The van der Waals surface area contributed by atoms with Crippen molar-refractivity contribution < 1.29 is 4.79 Å². The molecular formula is C22H22ClNO. The monoisotopic (exact) mass is 351 g/mol. The molecule has 3 heteroatoms. The number of aryl methyl sites for hydroxylation is 1. The van der Waals surface area contributed by atoms with Crippen molar-refractivity contribution in [2.45, 2.75) is 19.5 Å². The molecule has 0 aliphatic heterocycles. The summed E-state index contributed by atoms with van der Waals surface area (Å²) in [5.74, 6) is 0.0929. The molecule has 2 nitrogen and oxygen atoms in total. The summed E-state index contributed by atoms with van der Waals surface area (Å²) in [4.78, 5) is 13.0. The Bertz CT molecular complexity index is 803. The van der Waals surface area contributed by atoms with Gasteiger partial charge >= 0.3 is 0 Å². The van der Waals surface area contributed by atoms with Gasteiger partial charge in [0.25, 0.3) is 0 Å². The first-order valence-corrected chi connectivity index (χ1v) is 8.18. The number of hydrogen-bond donors (Lipinski definition) is 1. The minimum absolute atomic E-state index is 0. The summed E-state index contributed by atoms with van der Waals surface area (Å²) < 4.78 is 0. The van der Waals surface area contributed by atoms with Crippen molar-refractivity contribution in [1.82, 2.24) is 5.32 Å². The molecule has 0 amide bonds. The van der Waals surface area contributed by atoms with Crippen molar-refractivity contribution in [1.29, 1.82) is 0 Å². The highest BCUT2D eigenvalue weighted by atomic mass is 35.5. The topological polar surface area (TPSA) is 29.1 Å². The summed E-state index contributed by atoms with van der Waals surface area (Å²) in [7, 11) is 0. The fourth-order valence-corrected chi connectivity index (χ4v) is 2.80. The van der Waals surface area contributed by atoms with E-state index < -0.39 is 0 Å². The molecular weight excluding hydrogens is 330 g/mol. The van der Waals surface area contributed by atoms with Crippen LogP contribution in [0.5, 0.6) is 0 Å². The first kappa shape index (κ1) is 18.9. The molecule has 0 bridgehead atoms. The molecule has 1 unspecified atom stereocenters. The van der Waals surface area contributed by atoms with Crippen LogP contribution in [0, 0.1) is 6.92 Å². The number of hydrogen-bond acceptors (Lipinski definition) is 2. The quantitative estimate of drug-likeness (QED) is 0.624. The summed E-state index contributed by atoms with van der Waals surface area (Å²) >= 11 is 0. The molecule has 0 aliphatic rings. The van der Waals surface area contributed by atoms with Crippen molar-refractivity contribution >= 4 is 18.2 Å². The number of nitrogens with one attached hydrogen (secondary N) is 1. The van der Waals surface area contributed by atoms with E-state index in [9.17, 15) is 4.79 Å². The number of Topliss-reactive ketones (excluding diaryl/α,β-unsaturated/α-hetero) is 1. The largest absolute Gasteiger partial charge is 0.299 e. The van der Waals surface area contributed by atoms with Crippen LogP contribution < -0.4 is 5.32 Å². The number of ketones is 1. The van der Waals surface area contributed by atoms with Crippen molar-refractivity contribution in [2.24, 2.45) is 0 Å². The molecule has 0 radical (unpaired) electrons. The number of benzene rings is 3. The molecule has 1 N–H and O–H groups in total. The Morgan fingerprint density at radius 1 is 0.840 bits per heavy atom. The third kappa shape index (κ3) is 4.79. The van der Waals surface area contributed by atoms with Crippen molar-refractivity contribution in [2.75, 3.05) is 0 Å². The lowest BCUT2D eigenvalue weighted by Crippen LogP contribution is -2.28. The van der Waals surface area contributed by atoms with Gasteiger partial charge < -0.3 is 0 Å². The summed E-state index contributed by atoms with van der Waals surface area (Å²) in [5.41, 5.74) is 4.15. The van der Waals surface area contributed by atoms with E-state index in [0.29, 0.717) is 6.54 Å². The summed E-state index contributed by atoms with van der Waals surface area (Å²) in [5, 5.41) is 3.44. The van der Waals surface area contributed by atoms with Crippen LogP contribution in [0.25, 0.3) is 0 Å². The molecule has 0 aliphatic carbocycles. The second-order valence-electron chi connectivity index (χ2n) is 5.88. The molecule has 0 fully saturated rings. The van der Waals surface area contributed by atoms with Gasteiger partial charge in [0.05, 0.1) is 6.04 Å². The molecule has 3 aromatic rings. The normalized spacial score (nSPS) is 11.4. The predicted octanol–water partition coefficient (Wildman–Crippen LogP) is 5.13. The minimum Gasteiger partial charge on any atom is -0.299 e. The number of carbonyl (C=O) groups excluding carboxylic acids is 1. The standard InChI is InChI=1S/C22H21NO.ClH/c1-17-10-8-9-15-20(17)16-23-21(18-11-4-2-5-12-18)22(24)19-13-6-3-7-14-19;/h2-15,21,23H,16H2,1H3;1H. The zero-order chi connectivity index (χ0) is 16.8. The van der Waals surface area contributed by atoms with Crippen LogP contribution in [-0.2, 0) is 6.54 Å². The Morgan fingerprint density at radius 3 is 2.04 bits per heavy atom. The van der Waals surface area contributed by atoms with Gasteiger partial charge in [0.1, 0.15) is 0 Å². The molecule has 1 atom stereocenters. The van der Waals surface area contributed by atoms with E-state index in [-0.39, 0.29) is 24.2 Å². The van der Waals surface area contributed by atoms with Crippen LogP contribution in [0.3, 0.4) is 0 Å². The first-order chi connectivity index (χ1) is 11.8. The van der Waals surface area contributed by atoms with Gasteiger partial charge in [-0.2, -0.15) is 0 Å². The Balaban J connectivity index is 0.00000225. The molecule has 0 spiro atoms. The third-order valence-electron chi connectivity index (χ3n) is 4.21. The first-order valence-electron chi connectivity index (χ1n) is 8.18. The van der Waals surface area contributed by atoms with E-state index in [0.717, 1.165) is 11.1 Å². The van der Waals surface area contributed by atoms with Crippen LogP contribution in [0.4, 0.5) is 0 Å². The highest BCUT2D eigenvalue weighted by Crippen LogP contribution is 2.20. The van der Waals surface area contributed by atoms with Crippen LogP contribution in [0.15, 0.2) is 84.9 Å². The molecule has 0 aromatic heterocycles. The van der Waals surface area contributed by atoms with E-state index in [1.54, 1.807) is 0 Å². The van der Waals surface area contributed by atoms with Gasteiger partial charge in [0, 0.05) is 12.1 Å². The van der Waals surface area contributed by atoms with E-state index in [2.05, 4.69) is 24.4 Å². The highest BCUT2D eigenvalue weighted by Gasteiger charge is 2.21. The summed E-state index contributed by atoms with van der Waals surface area (Å²) in [6.45, 7) is 2.75. The van der Waals surface area contributed by atoms with Crippen molar-refractivity contribution in [3.63, 3.8) is 0 Å². The lowest BCUT2D eigenvalue weighted by atomic mass is 9.97. The van der Waals surface area contributed by atoms with Crippen LogP contribution in [0.2, 0.25) is 0 Å². The molecule has 3 rings (SSSR count). The summed E-state index contributed by atoms with van der Waals surface area (Å²) in [6, 6.07) is 27.2. The lowest BCUT2D eigenvalue weighted by molar-refractivity contribution is 0.0942. The third-order valence-corrected chi connectivity index (χ3v) is 4.21. The van der Waals surface area contributed by atoms with E-state index in [1.807, 2.05) is 72.8 Å². The molecule has 128 valence electrons. The molecule has 3 aromatic carbocycles. The molecule has 0 heterocycles. The number of rotatable bonds is 6. The van der Waals surface area contributed by atoms with Crippen molar-refractivity contribution in [3.05, 3.63) is 107 Å². The Kier molecular flexibility index (Phi) is 6.93. The zero-order valence-corrected chi connectivity index (χ0v) is 15.0. The second-order valence-corrected chi connectivity index (χ2v) is 5.88. The van der Waals surface area contributed by atoms with Gasteiger partial charge in [0.15, 0.2) is 5.78 Å². The van der Waals surface area contributed by atoms with Crippen LogP contribution >= 0.6 is 12.4 Å². The van der Waals surface area contributed by atoms with Crippen LogP contribution in [0.1, 0.15) is 33.1 Å². The van der Waals surface area contributed by atoms with Gasteiger partial charge in [0.2, 0.25) is 0 Å². The Labute approximate surface area is 155 Å². The SMILES string of the molecule is Cc1ccccc1CNC(C(=O)c1ccccc1)c1ccccc1.Cl. The average molecular weight is 352 g/mol. The van der Waals surface area contributed by atoms with Crippen LogP contribution in [-0.4, -0.2) is 5.78 Å². The predicted molar refractivity (Wildman–Crippen MR) is 105 cm³/mol. The molecule has 0 saturated carbocycles. The average Bonchev–Trinajstić information content (AvgIpc) is 2.65. The van der Waals surface area contributed by atoms with E-state index in [4.69, 9.17) is 0 Å². The fourth-order valence-electron chi connectivity index (χ4n) is 2.80. The maximum atomic E-state index is 13.0. The highest BCUT2D eigenvalue weighted by molar-refractivity contribution is 6.00. The minimum atomic E-state index is -0.354. The van der Waals surface area contributed by atoms with Crippen molar-refractivity contribution in [3.8, 4) is 0 Å². The second kappa shape index (κ2) is 9.16. The smallest absolute Gasteiger partial charge is 0.184 e. The molecule has 0 saturated heterocycles. The van der Waals surface area contributed by atoms with E-state index in [1.165, 1.54) is 11.1 Å². The van der Waals surface area contributed by atoms with Gasteiger partial charge in [-0.1, -0.05) is 84.9 Å². The van der Waals surface area contributed by atoms with Gasteiger partial charge in [-0.3, -0.25) is 10.1 Å². The van der Waals surface area contributed by atoms with Gasteiger partial charge in [-0.05, 0) is 23.6 Å². The van der Waals surface area contributed by atoms with Gasteiger partial charge in [-0.15, -0.1) is 12.4 Å². The fraction of sp³-hybridized carbons (Fsp3) is 0.136.